The van der Waals surface area contributed by atoms with Crippen molar-refractivity contribution in [3.05, 3.63) is 24.3 Å². The molecule has 0 bridgehead atoms. The standard InChI is InChI=1S/C15H24N2O3S/c1-12(2)16-21(19,20)14-8-5-4-7-13(14)17-10-6-9-15(3,18)11-17/h4-5,7-8,12,16,18H,6,9-11H2,1-3H3. The average molecular weight is 312 g/mol. The van der Waals surface area contributed by atoms with E-state index in [1.807, 2.05) is 11.0 Å². The summed E-state index contributed by atoms with van der Waals surface area (Å²) in [5, 5.41) is 10.2. The van der Waals surface area contributed by atoms with Gasteiger partial charge in [-0.2, -0.15) is 0 Å². The van der Waals surface area contributed by atoms with Gasteiger partial charge >= 0.3 is 0 Å². The van der Waals surface area contributed by atoms with E-state index in [0.717, 1.165) is 19.4 Å². The summed E-state index contributed by atoms with van der Waals surface area (Å²) in [5.41, 5.74) is -0.119. The Morgan fingerprint density at radius 3 is 2.62 bits per heavy atom. The summed E-state index contributed by atoms with van der Waals surface area (Å²) in [6.45, 7) is 6.59. The molecule has 1 aromatic carbocycles. The zero-order valence-electron chi connectivity index (χ0n) is 12.8. The molecule has 0 saturated carbocycles. The van der Waals surface area contributed by atoms with Crippen molar-refractivity contribution in [2.75, 3.05) is 18.0 Å². The molecule has 21 heavy (non-hydrogen) atoms. The first kappa shape index (κ1) is 16.3. The summed E-state index contributed by atoms with van der Waals surface area (Å²) < 4.78 is 27.6. The van der Waals surface area contributed by atoms with Gasteiger partial charge in [-0.15, -0.1) is 0 Å². The van der Waals surface area contributed by atoms with Gasteiger partial charge in [-0.3, -0.25) is 0 Å². The molecule has 0 aromatic heterocycles. The van der Waals surface area contributed by atoms with E-state index >= 15 is 0 Å². The summed E-state index contributed by atoms with van der Waals surface area (Å²) in [4.78, 5) is 2.23. The van der Waals surface area contributed by atoms with Crippen LogP contribution in [0.2, 0.25) is 0 Å². The fourth-order valence-corrected chi connectivity index (χ4v) is 4.22. The number of anilines is 1. The average Bonchev–Trinajstić information content (AvgIpc) is 2.36. The van der Waals surface area contributed by atoms with E-state index in [0.29, 0.717) is 12.2 Å². The van der Waals surface area contributed by atoms with Gasteiger partial charge in [0.15, 0.2) is 0 Å². The fraction of sp³-hybridized carbons (Fsp3) is 0.600. The number of hydrogen-bond donors (Lipinski definition) is 2. The molecule has 1 heterocycles. The van der Waals surface area contributed by atoms with Crippen molar-refractivity contribution in [2.24, 2.45) is 0 Å². The molecule has 0 spiro atoms. The van der Waals surface area contributed by atoms with Crippen molar-refractivity contribution in [3.8, 4) is 0 Å². The first-order valence-electron chi connectivity index (χ1n) is 7.30. The van der Waals surface area contributed by atoms with Gasteiger partial charge in [0.05, 0.1) is 11.3 Å². The Kier molecular flexibility index (Phi) is 4.60. The van der Waals surface area contributed by atoms with E-state index in [4.69, 9.17) is 0 Å². The van der Waals surface area contributed by atoms with Crippen LogP contribution in [0, 0.1) is 0 Å². The molecule has 2 N–H and O–H groups in total. The molecule has 2 rings (SSSR count). The maximum atomic E-state index is 12.5. The number of aliphatic hydroxyl groups is 1. The highest BCUT2D eigenvalue weighted by Gasteiger charge is 2.31. The van der Waals surface area contributed by atoms with E-state index < -0.39 is 15.6 Å². The smallest absolute Gasteiger partial charge is 0.242 e. The van der Waals surface area contributed by atoms with Crippen LogP contribution in [0.4, 0.5) is 5.69 Å². The molecule has 0 amide bonds. The van der Waals surface area contributed by atoms with Gasteiger partial charge in [0.25, 0.3) is 0 Å². The Labute approximate surface area is 127 Å². The Morgan fingerprint density at radius 2 is 2.00 bits per heavy atom. The van der Waals surface area contributed by atoms with Gasteiger partial charge in [-0.05, 0) is 45.7 Å². The molecule has 1 aliphatic heterocycles. The predicted molar refractivity (Wildman–Crippen MR) is 84.0 cm³/mol. The molecule has 1 aromatic rings. The van der Waals surface area contributed by atoms with Gasteiger partial charge in [-0.25, -0.2) is 13.1 Å². The Morgan fingerprint density at radius 1 is 1.33 bits per heavy atom. The first-order chi connectivity index (χ1) is 9.71. The van der Waals surface area contributed by atoms with Gasteiger partial charge < -0.3 is 10.0 Å². The van der Waals surface area contributed by atoms with Crippen molar-refractivity contribution in [2.45, 2.75) is 50.2 Å². The highest BCUT2D eigenvalue weighted by Crippen LogP contribution is 2.30. The van der Waals surface area contributed by atoms with Gasteiger partial charge in [0.2, 0.25) is 10.0 Å². The van der Waals surface area contributed by atoms with Crippen LogP contribution in [0.1, 0.15) is 33.6 Å². The SMILES string of the molecule is CC(C)NS(=O)(=O)c1ccccc1N1CCCC(C)(O)C1. The lowest BCUT2D eigenvalue weighted by Gasteiger charge is -2.39. The van der Waals surface area contributed by atoms with Crippen molar-refractivity contribution < 1.29 is 13.5 Å². The summed E-state index contributed by atoms with van der Waals surface area (Å²) >= 11 is 0. The van der Waals surface area contributed by atoms with E-state index in [9.17, 15) is 13.5 Å². The second-order valence-electron chi connectivity index (χ2n) is 6.27. The van der Waals surface area contributed by atoms with Crippen LogP contribution in [0.5, 0.6) is 0 Å². The van der Waals surface area contributed by atoms with E-state index in [-0.39, 0.29) is 10.9 Å². The second-order valence-corrected chi connectivity index (χ2v) is 7.95. The predicted octanol–water partition coefficient (Wildman–Crippen LogP) is 1.72. The third-order valence-corrected chi connectivity index (χ3v) is 5.27. The minimum atomic E-state index is -3.55. The summed E-state index contributed by atoms with van der Waals surface area (Å²) in [5.74, 6) is 0. The number of benzene rings is 1. The number of nitrogens with zero attached hydrogens (tertiary/aromatic N) is 1. The summed E-state index contributed by atoms with van der Waals surface area (Å²) in [7, 11) is -3.55. The molecular formula is C15H24N2O3S. The fourth-order valence-electron chi connectivity index (χ4n) is 2.75. The van der Waals surface area contributed by atoms with Gasteiger partial charge in [0.1, 0.15) is 4.90 Å². The van der Waals surface area contributed by atoms with Crippen molar-refractivity contribution in [3.63, 3.8) is 0 Å². The summed E-state index contributed by atoms with van der Waals surface area (Å²) in [6, 6.07) is 6.81. The van der Waals surface area contributed by atoms with Crippen LogP contribution >= 0.6 is 0 Å². The zero-order chi connectivity index (χ0) is 15.7. The Hall–Kier alpha value is -1.11. The van der Waals surface area contributed by atoms with Crippen LogP contribution in [-0.2, 0) is 10.0 Å². The lowest BCUT2D eigenvalue weighted by atomic mass is 9.95. The van der Waals surface area contributed by atoms with Crippen molar-refractivity contribution in [1.82, 2.24) is 4.72 Å². The zero-order valence-corrected chi connectivity index (χ0v) is 13.7. The lowest BCUT2D eigenvalue weighted by molar-refractivity contribution is 0.0448. The summed E-state index contributed by atoms with van der Waals surface area (Å²) in [6.07, 6.45) is 1.58. The number of β-amino-alcohol motifs (C(OH)–C–C–N with tert-alkyl or cyclic N) is 1. The number of hydrogen-bond acceptors (Lipinski definition) is 4. The van der Waals surface area contributed by atoms with Crippen molar-refractivity contribution in [1.29, 1.82) is 0 Å². The van der Waals surface area contributed by atoms with Gasteiger partial charge in [0, 0.05) is 19.1 Å². The normalized spacial score (nSPS) is 23.6. The third kappa shape index (κ3) is 3.96. The molecule has 1 atom stereocenters. The molecule has 1 aliphatic rings. The second kappa shape index (κ2) is 5.94. The quantitative estimate of drug-likeness (QED) is 0.888. The monoisotopic (exact) mass is 312 g/mol. The molecule has 5 nitrogen and oxygen atoms in total. The first-order valence-corrected chi connectivity index (χ1v) is 8.78. The highest BCUT2D eigenvalue weighted by molar-refractivity contribution is 7.89. The van der Waals surface area contributed by atoms with E-state index in [1.165, 1.54) is 0 Å². The minimum Gasteiger partial charge on any atom is -0.388 e. The Balaban J connectivity index is 2.37. The number of para-hydroxylation sites is 1. The molecule has 118 valence electrons. The maximum Gasteiger partial charge on any atom is 0.242 e. The van der Waals surface area contributed by atoms with Gasteiger partial charge in [-0.1, -0.05) is 12.1 Å². The van der Waals surface area contributed by atoms with E-state index in [1.54, 1.807) is 39.0 Å². The lowest BCUT2D eigenvalue weighted by Crippen LogP contribution is -2.46. The number of sulfonamides is 1. The number of nitrogens with one attached hydrogen (secondary N) is 1. The minimum absolute atomic E-state index is 0.160. The molecule has 0 aliphatic carbocycles. The highest BCUT2D eigenvalue weighted by atomic mass is 32.2. The molecular weight excluding hydrogens is 288 g/mol. The molecule has 6 heteroatoms. The topological polar surface area (TPSA) is 69.6 Å². The van der Waals surface area contributed by atoms with Crippen LogP contribution in [0.3, 0.4) is 0 Å². The van der Waals surface area contributed by atoms with Crippen molar-refractivity contribution >= 4 is 15.7 Å². The maximum absolute atomic E-state index is 12.5. The van der Waals surface area contributed by atoms with E-state index in [2.05, 4.69) is 4.72 Å². The van der Waals surface area contributed by atoms with Crippen LogP contribution < -0.4 is 9.62 Å². The molecule has 1 fully saturated rings. The van der Waals surface area contributed by atoms with Crippen LogP contribution in [-0.4, -0.2) is 38.3 Å². The third-order valence-electron chi connectivity index (χ3n) is 3.56. The number of rotatable bonds is 4. The molecule has 1 unspecified atom stereocenters. The number of piperidine rings is 1. The molecule has 1 saturated heterocycles. The van der Waals surface area contributed by atoms with Crippen LogP contribution in [0.25, 0.3) is 0 Å². The molecule has 0 radical (unpaired) electrons. The Bertz CT molecular complexity index is 597. The largest absolute Gasteiger partial charge is 0.388 e. The van der Waals surface area contributed by atoms with Crippen LogP contribution in [0.15, 0.2) is 29.2 Å².